The molecule has 1 unspecified atom stereocenters. The molecular weight excluding hydrogens is 470 g/mol. The summed E-state index contributed by atoms with van der Waals surface area (Å²) in [5, 5.41) is 14.1. The lowest BCUT2D eigenvalue weighted by molar-refractivity contribution is -0.0584. The van der Waals surface area contributed by atoms with Crippen LogP contribution in [0.1, 0.15) is 35.7 Å². The normalized spacial score (nSPS) is 18.8. The zero-order chi connectivity index (χ0) is 24.4. The summed E-state index contributed by atoms with van der Waals surface area (Å²) in [6.07, 6.45) is 3.99. The fraction of sp³-hybridized carbons (Fsp3) is 0.280. The number of anilines is 1. The Morgan fingerprint density at radius 2 is 2.06 bits per heavy atom. The number of carbonyl (C=O) groups excluding carboxylic acids is 1. The number of ether oxygens (including phenoxy) is 2. The third-order valence-electron chi connectivity index (χ3n) is 5.93. The van der Waals surface area contributed by atoms with Gasteiger partial charge in [-0.3, -0.25) is 4.79 Å². The van der Waals surface area contributed by atoms with Gasteiger partial charge in [0, 0.05) is 17.8 Å². The van der Waals surface area contributed by atoms with Crippen LogP contribution < -0.4 is 10.1 Å². The molecular formula is C25H24ClN5O4. The minimum absolute atomic E-state index is 0.0116. The molecule has 0 bridgehead atoms. The summed E-state index contributed by atoms with van der Waals surface area (Å²) in [6, 6.07) is 11.9. The highest BCUT2D eigenvalue weighted by atomic mass is 35.5. The van der Waals surface area contributed by atoms with Gasteiger partial charge in [-0.15, -0.1) is 0 Å². The number of pyridine rings is 1. The number of rotatable bonds is 7. The van der Waals surface area contributed by atoms with Crippen molar-refractivity contribution in [1.29, 1.82) is 0 Å². The van der Waals surface area contributed by atoms with Crippen molar-refractivity contribution in [3.05, 3.63) is 71.3 Å². The van der Waals surface area contributed by atoms with E-state index in [-0.39, 0.29) is 17.9 Å². The monoisotopic (exact) mass is 493 g/mol. The van der Waals surface area contributed by atoms with Crippen LogP contribution in [0.3, 0.4) is 0 Å². The first-order chi connectivity index (χ1) is 17.0. The number of ketones is 1. The molecule has 1 aliphatic heterocycles. The molecule has 1 aliphatic rings. The van der Waals surface area contributed by atoms with Gasteiger partial charge in [0.25, 0.3) is 0 Å². The SMILES string of the molecule is CC(O)[C@@H]1CC[C@@H](Nc2ncnc3[nH]cc(C(=O)c4ccc(Oc5cccc(Cl)n5)cc4)c23)CO1. The fourth-order valence-corrected chi connectivity index (χ4v) is 4.26. The lowest BCUT2D eigenvalue weighted by Gasteiger charge is -2.31. The van der Waals surface area contributed by atoms with Crippen molar-refractivity contribution < 1.29 is 19.4 Å². The fourth-order valence-electron chi connectivity index (χ4n) is 4.11. The lowest BCUT2D eigenvalue weighted by Crippen LogP contribution is -2.39. The van der Waals surface area contributed by atoms with Gasteiger partial charge < -0.3 is 24.9 Å². The molecule has 9 nitrogen and oxygen atoms in total. The Labute approximate surface area is 206 Å². The summed E-state index contributed by atoms with van der Waals surface area (Å²) in [5.41, 5.74) is 1.52. The molecule has 0 spiro atoms. The number of nitrogens with one attached hydrogen (secondary N) is 2. The molecule has 4 aromatic rings. The molecule has 3 atom stereocenters. The molecule has 0 radical (unpaired) electrons. The largest absolute Gasteiger partial charge is 0.439 e. The van der Waals surface area contributed by atoms with Crippen LogP contribution >= 0.6 is 11.6 Å². The van der Waals surface area contributed by atoms with Gasteiger partial charge in [-0.05, 0) is 50.1 Å². The second-order valence-electron chi connectivity index (χ2n) is 8.43. The number of hydrogen-bond donors (Lipinski definition) is 3. The molecule has 5 rings (SSSR count). The van der Waals surface area contributed by atoms with Crippen molar-refractivity contribution in [2.75, 3.05) is 11.9 Å². The quantitative estimate of drug-likeness (QED) is 0.256. The molecule has 0 amide bonds. The van der Waals surface area contributed by atoms with Gasteiger partial charge >= 0.3 is 0 Å². The van der Waals surface area contributed by atoms with Crippen LogP contribution in [-0.4, -0.2) is 55.7 Å². The second-order valence-corrected chi connectivity index (χ2v) is 8.82. The maximum Gasteiger partial charge on any atom is 0.220 e. The Morgan fingerprint density at radius 1 is 1.23 bits per heavy atom. The van der Waals surface area contributed by atoms with Gasteiger partial charge in [-0.2, -0.15) is 0 Å². The number of fused-ring (bicyclic) bond motifs is 1. The number of carbonyl (C=O) groups is 1. The van der Waals surface area contributed by atoms with E-state index in [0.29, 0.717) is 51.4 Å². The molecule has 3 N–H and O–H groups in total. The number of hydrogen-bond acceptors (Lipinski definition) is 8. The van der Waals surface area contributed by atoms with Crippen LogP contribution in [0.5, 0.6) is 11.6 Å². The lowest BCUT2D eigenvalue weighted by atomic mass is 10.0. The number of aromatic amines is 1. The maximum atomic E-state index is 13.4. The number of H-pyrrole nitrogens is 1. The molecule has 180 valence electrons. The zero-order valence-corrected chi connectivity index (χ0v) is 19.7. The average Bonchev–Trinajstić information content (AvgIpc) is 3.30. The first-order valence-corrected chi connectivity index (χ1v) is 11.7. The summed E-state index contributed by atoms with van der Waals surface area (Å²) in [6.45, 7) is 2.18. The van der Waals surface area contributed by atoms with Gasteiger partial charge in [-0.1, -0.05) is 17.7 Å². The summed E-state index contributed by atoms with van der Waals surface area (Å²) < 4.78 is 11.5. The topological polar surface area (TPSA) is 122 Å². The van der Waals surface area contributed by atoms with E-state index in [1.54, 1.807) is 55.6 Å². The highest BCUT2D eigenvalue weighted by molar-refractivity contribution is 6.29. The van der Waals surface area contributed by atoms with E-state index in [1.807, 2.05) is 0 Å². The van der Waals surface area contributed by atoms with E-state index < -0.39 is 6.10 Å². The molecule has 4 heterocycles. The number of aliphatic hydroxyl groups is 1. The smallest absolute Gasteiger partial charge is 0.220 e. The maximum absolute atomic E-state index is 13.4. The first-order valence-electron chi connectivity index (χ1n) is 11.3. The minimum atomic E-state index is -0.505. The Hall–Kier alpha value is -3.53. The van der Waals surface area contributed by atoms with E-state index >= 15 is 0 Å². The van der Waals surface area contributed by atoms with Crippen molar-refractivity contribution in [2.24, 2.45) is 0 Å². The molecule has 1 fully saturated rings. The van der Waals surface area contributed by atoms with Crippen LogP contribution in [0, 0.1) is 0 Å². The minimum Gasteiger partial charge on any atom is -0.439 e. The molecule has 10 heteroatoms. The summed E-state index contributed by atoms with van der Waals surface area (Å²) >= 11 is 5.90. The number of aromatic nitrogens is 4. The number of nitrogens with zero attached hydrogens (tertiary/aromatic N) is 3. The van der Waals surface area contributed by atoms with Gasteiger partial charge in [-0.25, -0.2) is 15.0 Å². The average molecular weight is 494 g/mol. The van der Waals surface area contributed by atoms with Gasteiger partial charge in [0.05, 0.1) is 35.8 Å². The standard InChI is InChI=1S/C25H24ClN5O4/c1-14(32)19-10-7-16(12-34-19)30-25-22-18(11-27-24(22)28-13-29-25)23(33)15-5-8-17(9-6-15)35-21-4-2-3-20(26)31-21/h2-6,8-9,11,13-14,16,19,32H,7,10,12H2,1H3,(H2,27,28,29,30)/t14?,16-,19+/m1/s1. The van der Waals surface area contributed by atoms with Crippen LogP contribution in [0.15, 0.2) is 55.0 Å². The Balaban J connectivity index is 1.35. The molecule has 1 aromatic carbocycles. The highest BCUT2D eigenvalue weighted by Crippen LogP contribution is 2.29. The Kier molecular flexibility index (Phi) is 6.63. The predicted molar refractivity (Wildman–Crippen MR) is 131 cm³/mol. The van der Waals surface area contributed by atoms with E-state index in [4.69, 9.17) is 21.1 Å². The van der Waals surface area contributed by atoms with Crippen LogP contribution in [-0.2, 0) is 4.74 Å². The van der Waals surface area contributed by atoms with Crippen molar-refractivity contribution in [1.82, 2.24) is 19.9 Å². The van der Waals surface area contributed by atoms with E-state index in [9.17, 15) is 9.90 Å². The van der Waals surface area contributed by atoms with Crippen molar-refractivity contribution in [2.45, 2.75) is 38.0 Å². The first kappa shape index (κ1) is 23.2. The summed E-state index contributed by atoms with van der Waals surface area (Å²) in [5.74, 6) is 1.30. The number of aliphatic hydroxyl groups excluding tert-OH is 1. The molecule has 1 saturated heterocycles. The Morgan fingerprint density at radius 3 is 2.77 bits per heavy atom. The molecule has 0 saturated carbocycles. The summed E-state index contributed by atoms with van der Waals surface area (Å²) in [4.78, 5) is 29.2. The molecule has 35 heavy (non-hydrogen) atoms. The third kappa shape index (κ3) is 5.12. The number of benzene rings is 1. The summed E-state index contributed by atoms with van der Waals surface area (Å²) in [7, 11) is 0. The van der Waals surface area contributed by atoms with Gasteiger partial charge in [0.15, 0.2) is 5.78 Å². The van der Waals surface area contributed by atoms with Crippen LogP contribution in [0.25, 0.3) is 11.0 Å². The molecule has 3 aromatic heterocycles. The van der Waals surface area contributed by atoms with Gasteiger partial charge in [0.2, 0.25) is 5.88 Å². The second kappa shape index (κ2) is 9.99. The highest BCUT2D eigenvalue weighted by Gasteiger charge is 2.26. The predicted octanol–water partition coefficient (Wildman–Crippen LogP) is 4.37. The Bertz CT molecular complexity index is 1330. The van der Waals surface area contributed by atoms with E-state index in [2.05, 4.69) is 25.3 Å². The van der Waals surface area contributed by atoms with Crippen molar-refractivity contribution in [3.8, 4) is 11.6 Å². The zero-order valence-electron chi connectivity index (χ0n) is 18.9. The van der Waals surface area contributed by atoms with E-state index in [0.717, 1.165) is 12.8 Å². The third-order valence-corrected chi connectivity index (χ3v) is 6.14. The molecule has 0 aliphatic carbocycles. The van der Waals surface area contributed by atoms with Crippen LogP contribution in [0.4, 0.5) is 5.82 Å². The van der Waals surface area contributed by atoms with Crippen molar-refractivity contribution >= 4 is 34.2 Å². The van der Waals surface area contributed by atoms with Crippen LogP contribution in [0.2, 0.25) is 5.15 Å². The number of halogens is 1. The van der Waals surface area contributed by atoms with Crippen molar-refractivity contribution in [3.63, 3.8) is 0 Å². The van der Waals surface area contributed by atoms with E-state index in [1.165, 1.54) is 6.33 Å². The van der Waals surface area contributed by atoms with Gasteiger partial charge in [0.1, 0.15) is 28.7 Å².